The van der Waals surface area contributed by atoms with Crippen LogP contribution in [0, 0.1) is 0 Å². The summed E-state index contributed by atoms with van der Waals surface area (Å²) in [4.78, 5) is 11.8. The van der Waals surface area contributed by atoms with Gasteiger partial charge in [0, 0.05) is 6.42 Å². The first kappa shape index (κ1) is 34.0. The van der Waals surface area contributed by atoms with Gasteiger partial charge < -0.3 is 23.4 Å². The summed E-state index contributed by atoms with van der Waals surface area (Å²) in [6.45, 7) is 6.94. The van der Waals surface area contributed by atoms with Crippen molar-refractivity contribution in [1.82, 2.24) is 0 Å². The number of nitrogens with zero attached hydrogens (tertiary/aromatic N) is 1. The molecule has 0 aromatic heterocycles. The Morgan fingerprint density at radius 3 is 1.60 bits per heavy atom. The second-order valence-electron chi connectivity index (χ2n) is 10.4. The fraction of sp³-hybridized carbons (Fsp3) is 0.897. The number of carbonyl (C=O) groups is 1. The van der Waals surface area contributed by atoms with Gasteiger partial charge in [0.05, 0.1) is 60.8 Å². The number of quaternary nitrogens is 1. The number of rotatable bonds is 27. The van der Waals surface area contributed by atoms with Gasteiger partial charge in [-0.05, 0) is 32.1 Å². The quantitative estimate of drug-likeness (QED) is 0.0571. The summed E-state index contributed by atoms with van der Waals surface area (Å²) >= 11 is 0. The number of ether oxygens (including phenoxy) is 4. The standard InChI is InChI=1S/C29H58NO5/c1-5-6-7-8-9-10-11-12-13-14-15-16-17-18-19-20-29(31)35-28-27-34-26-25-33-24-23-32-22-21-30(2,3)4/h12-13H,5-11,14-28H2,1-4H3/q+1. The van der Waals surface area contributed by atoms with Crippen molar-refractivity contribution in [2.24, 2.45) is 0 Å². The van der Waals surface area contributed by atoms with E-state index in [1.807, 2.05) is 0 Å². The lowest BCUT2D eigenvalue weighted by atomic mass is 10.1. The lowest BCUT2D eigenvalue weighted by Crippen LogP contribution is -2.37. The molecule has 0 aliphatic carbocycles. The Kier molecular flexibility index (Phi) is 25.4. The molecule has 0 saturated carbocycles. The number of hydrogen-bond donors (Lipinski definition) is 0. The molecule has 208 valence electrons. The van der Waals surface area contributed by atoms with Gasteiger partial charge in [-0.1, -0.05) is 70.4 Å². The molecule has 6 heteroatoms. The molecule has 0 fully saturated rings. The van der Waals surface area contributed by atoms with Crippen LogP contribution in [0.25, 0.3) is 0 Å². The van der Waals surface area contributed by atoms with Crippen molar-refractivity contribution < 1.29 is 28.2 Å². The number of esters is 1. The maximum atomic E-state index is 11.8. The van der Waals surface area contributed by atoms with Crippen LogP contribution in [0.15, 0.2) is 12.2 Å². The Labute approximate surface area is 217 Å². The van der Waals surface area contributed by atoms with Gasteiger partial charge in [-0.2, -0.15) is 0 Å². The summed E-state index contributed by atoms with van der Waals surface area (Å²) in [6, 6.07) is 0. The highest BCUT2D eigenvalue weighted by Gasteiger charge is 2.05. The highest BCUT2D eigenvalue weighted by Crippen LogP contribution is 2.10. The van der Waals surface area contributed by atoms with E-state index in [-0.39, 0.29) is 5.97 Å². The molecule has 0 spiro atoms. The third kappa shape index (κ3) is 31.0. The van der Waals surface area contributed by atoms with Gasteiger partial charge in [-0.3, -0.25) is 4.79 Å². The zero-order valence-electron chi connectivity index (χ0n) is 23.7. The number of allylic oxidation sites excluding steroid dienone is 2. The van der Waals surface area contributed by atoms with E-state index in [2.05, 4.69) is 40.2 Å². The number of carbonyl (C=O) groups excluding carboxylic acids is 1. The Morgan fingerprint density at radius 1 is 0.600 bits per heavy atom. The van der Waals surface area contributed by atoms with Crippen molar-refractivity contribution in [2.45, 2.75) is 96.8 Å². The van der Waals surface area contributed by atoms with E-state index in [4.69, 9.17) is 18.9 Å². The molecular formula is C29H58NO5+. The van der Waals surface area contributed by atoms with E-state index in [1.165, 1.54) is 70.6 Å². The first-order valence-electron chi connectivity index (χ1n) is 14.3. The summed E-state index contributed by atoms with van der Waals surface area (Å²) in [5, 5.41) is 0. The molecule has 0 unspecified atom stereocenters. The molecule has 0 heterocycles. The predicted octanol–water partition coefficient (Wildman–Crippen LogP) is 6.32. The molecule has 0 aromatic carbocycles. The summed E-state index contributed by atoms with van der Waals surface area (Å²) < 4.78 is 22.6. The molecule has 0 bridgehead atoms. The Hall–Kier alpha value is -0.950. The SMILES string of the molecule is CCCCCCCCC=CCCCCCCCC(=O)OCCOCCOCCOCC[N+](C)(C)C. The minimum Gasteiger partial charge on any atom is -0.463 e. The lowest BCUT2D eigenvalue weighted by molar-refractivity contribution is -0.870. The average Bonchev–Trinajstić information content (AvgIpc) is 2.81. The molecule has 0 aromatic rings. The summed E-state index contributed by atoms with van der Waals surface area (Å²) in [7, 11) is 6.44. The highest BCUT2D eigenvalue weighted by atomic mass is 16.6. The van der Waals surface area contributed by atoms with E-state index < -0.39 is 0 Å². The molecule has 6 nitrogen and oxygen atoms in total. The highest BCUT2D eigenvalue weighted by molar-refractivity contribution is 5.69. The molecule has 0 N–H and O–H groups in total. The van der Waals surface area contributed by atoms with E-state index in [0.29, 0.717) is 46.1 Å². The Morgan fingerprint density at radius 2 is 1.06 bits per heavy atom. The third-order valence-corrected chi connectivity index (χ3v) is 5.78. The van der Waals surface area contributed by atoms with E-state index in [1.54, 1.807) is 0 Å². The number of hydrogen-bond acceptors (Lipinski definition) is 5. The molecular weight excluding hydrogens is 442 g/mol. The summed E-state index contributed by atoms with van der Waals surface area (Å²) in [6.07, 6.45) is 21.6. The van der Waals surface area contributed by atoms with Crippen LogP contribution in [0.5, 0.6) is 0 Å². The second-order valence-corrected chi connectivity index (χ2v) is 10.4. The Balaban J connectivity index is 3.23. The van der Waals surface area contributed by atoms with Crippen LogP contribution >= 0.6 is 0 Å². The summed E-state index contributed by atoms with van der Waals surface area (Å²) in [5.41, 5.74) is 0. The largest absolute Gasteiger partial charge is 0.463 e. The van der Waals surface area contributed by atoms with Crippen molar-refractivity contribution in [3.8, 4) is 0 Å². The minimum atomic E-state index is -0.117. The fourth-order valence-corrected chi connectivity index (χ4v) is 3.51. The first-order chi connectivity index (χ1) is 17.0. The van der Waals surface area contributed by atoms with Gasteiger partial charge in [0.2, 0.25) is 0 Å². The molecule has 35 heavy (non-hydrogen) atoms. The molecule has 0 aliphatic heterocycles. The van der Waals surface area contributed by atoms with Crippen LogP contribution < -0.4 is 0 Å². The van der Waals surface area contributed by atoms with Gasteiger partial charge in [-0.15, -0.1) is 0 Å². The van der Waals surface area contributed by atoms with Crippen molar-refractivity contribution in [2.75, 3.05) is 73.9 Å². The fourth-order valence-electron chi connectivity index (χ4n) is 3.51. The first-order valence-corrected chi connectivity index (χ1v) is 14.3. The van der Waals surface area contributed by atoms with Crippen LogP contribution in [-0.4, -0.2) is 84.4 Å². The zero-order chi connectivity index (χ0) is 25.9. The van der Waals surface area contributed by atoms with E-state index in [9.17, 15) is 4.79 Å². The molecule has 0 radical (unpaired) electrons. The predicted molar refractivity (Wildman–Crippen MR) is 146 cm³/mol. The molecule has 0 saturated heterocycles. The molecule has 0 amide bonds. The second kappa shape index (κ2) is 26.1. The molecule has 0 aliphatic rings. The Bertz CT molecular complexity index is 476. The van der Waals surface area contributed by atoms with Gasteiger partial charge >= 0.3 is 5.97 Å². The van der Waals surface area contributed by atoms with Crippen molar-refractivity contribution >= 4 is 5.97 Å². The van der Waals surface area contributed by atoms with Gasteiger partial charge in [0.1, 0.15) is 13.2 Å². The van der Waals surface area contributed by atoms with Crippen LogP contribution in [0.3, 0.4) is 0 Å². The van der Waals surface area contributed by atoms with Gasteiger partial charge in [-0.25, -0.2) is 0 Å². The maximum absolute atomic E-state index is 11.8. The average molecular weight is 501 g/mol. The van der Waals surface area contributed by atoms with Crippen molar-refractivity contribution in [3.05, 3.63) is 12.2 Å². The molecule has 0 rings (SSSR count). The summed E-state index contributed by atoms with van der Waals surface area (Å²) in [5.74, 6) is -0.117. The van der Waals surface area contributed by atoms with Crippen molar-refractivity contribution in [1.29, 1.82) is 0 Å². The van der Waals surface area contributed by atoms with Crippen LogP contribution in [0.4, 0.5) is 0 Å². The minimum absolute atomic E-state index is 0.117. The topological polar surface area (TPSA) is 54.0 Å². The van der Waals surface area contributed by atoms with Crippen LogP contribution in [0.2, 0.25) is 0 Å². The normalized spacial score (nSPS) is 12.0. The number of unbranched alkanes of at least 4 members (excludes halogenated alkanes) is 11. The van der Waals surface area contributed by atoms with Crippen LogP contribution in [0.1, 0.15) is 96.8 Å². The van der Waals surface area contributed by atoms with Gasteiger partial charge in [0.15, 0.2) is 0 Å². The maximum Gasteiger partial charge on any atom is 0.305 e. The van der Waals surface area contributed by atoms with Gasteiger partial charge in [0.25, 0.3) is 0 Å². The van der Waals surface area contributed by atoms with E-state index in [0.717, 1.165) is 30.5 Å². The van der Waals surface area contributed by atoms with E-state index >= 15 is 0 Å². The van der Waals surface area contributed by atoms with Crippen molar-refractivity contribution in [3.63, 3.8) is 0 Å². The lowest BCUT2D eigenvalue weighted by Gasteiger charge is -2.23. The molecule has 0 atom stereocenters. The van der Waals surface area contributed by atoms with Crippen LogP contribution in [-0.2, 0) is 23.7 Å². The monoisotopic (exact) mass is 500 g/mol. The zero-order valence-corrected chi connectivity index (χ0v) is 23.7. The number of likely N-dealkylation sites (N-methyl/N-ethyl adjacent to an activating group) is 1. The smallest absolute Gasteiger partial charge is 0.305 e. The third-order valence-electron chi connectivity index (χ3n) is 5.78.